The topological polar surface area (TPSA) is 86.7 Å². The van der Waals surface area contributed by atoms with E-state index >= 15 is 0 Å². The van der Waals surface area contributed by atoms with E-state index in [0.29, 0.717) is 47.1 Å². The Balaban J connectivity index is 1.35. The second kappa shape index (κ2) is 16.6. The Morgan fingerprint density at radius 2 is 1.03 bits per heavy atom. The second-order valence-electron chi connectivity index (χ2n) is 7.88. The van der Waals surface area contributed by atoms with Crippen molar-refractivity contribution in [3.8, 4) is 0 Å². The maximum atomic E-state index is 12.2. The van der Waals surface area contributed by atoms with Crippen LogP contribution < -0.4 is 19.8 Å². The molecule has 0 N–H and O–H groups in total. The molecular weight excluding hydrogens is 587 g/mol. The van der Waals surface area contributed by atoms with E-state index in [-0.39, 0.29) is 5.75 Å². The maximum Gasteiger partial charge on any atom is 0.0668 e. The van der Waals surface area contributed by atoms with Crippen LogP contribution in [-0.4, -0.2) is 53.4 Å². The van der Waals surface area contributed by atoms with Gasteiger partial charge in [-0.2, -0.15) is 0 Å². The van der Waals surface area contributed by atoms with E-state index < -0.39 is 36.7 Å². The summed E-state index contributed by atoms with van der Waals surface area (Å²) in [7, 11) is -6.25. The molecule has 0 spiro atoms. The number of sulfone groups is 1. The van der Waals surface area contributed by atoms with Crippen molar-refractivity contribution in [1.82, 2.24) is 0 Å². The normalized spacial score (nSPS) is 12.2. The minimum absolute atomic E-state index is 0.197. The van der Waals surface area contributed by atoms with Crippen molar-refractivity contribution in [3.05, 3.63) is 60.7 Å². The second-order valence-corrected chi connectivity index (χ2v) is 18.0. The number of halogens is 1. The van der Waals surface area contributed by atoms with Crippen LogP contribution >= 0.6 is 0 Å². The van der Waals surface area contributed by atoms with Crippen molar-refractivity contribution in [2.75, 3.05) is 36.6 Å². The van der Waals surface area contributed by atoms with Crippen LogP contribution in [0.3, 0.4) is 0 Å². The van der Waals surface area contributed by atoms with Gasteiger partial charge >= 0.3 is 143 Å². The van der Waals surface area contributed by atoms with Crippen LogP contribution in [-0.2, 0) is 26.3 Å². The zero-order valence-corrected chi connectivity index (χ0v) is 23.4. The molecule has 0 heterocycles. The molecule has 9 heteroatoms. The Bertz CT molecular complexity index is 913. The zero-order valence-electron chi connectivity index (χ0n) is 19.6. The smallest absolute Gasteiger partial charge is 0.0622 e. The van der Waals surface area contributed by atoms with Crippen LogP contribution in [0.25, 0.3) is 0 Å². The van der Waals surface area contributed by atoms with Gasteiger partial charge in [-0.15, -0.1) is 0 Å². The summed E-state index contributed by atoms with van der Waals surface area (Å²) in [5.41, 5.74) is 0. The summed E-state index contributed by atoms with van der Waals surface area (Å²) in [6.45, 7) is 2.67. The molecule has 0 aromatic heterocycles. The SMILES string of the molecule is O=S(=O)(CCCCCCOCCCCOCCC[I-]S(=O)(=O)c1ccccc1)c1ccccc1. The van der Waals surface area contributed by atoms with Crippen molar-refractivity contribution >= 4 is 16.8 Å². The first-order valence-corrected chi connectivity index (χ1v) is 19.0. The molecule has 0 saturated heterocycles. The largest absolute Gasteiger partial charge is 0.0668 e. The molecule has 2 aromatic carbocycles. The number of alkyl halides is 1. The summed E-state index contributed by atoms with van der Waals surface area (Å²) < 4.78 is 60.8. The molecule has 0 aliphatic heterocycles. The molecule has 0 amide bonds. The van der Waals surface area contributed by atoms with Crippen molar-refractivity contribution in [3.63, 3.8) is 0 Å². The Morgan fingerprint density at radius 1 is 0.559 bits per heavy atom. The third kappa shape index (κ3) is 12.1. The fourth-order valence-corrected chi connectivity index (χ4v) is 10.4. The minimum Gasteiger partial charge on any atom is -0.0622 e. The summed E-state index contributed by atoms with van der Waals surface area (Å²) in [4.78, 5) is 0.833. The summed E-state index contributed by atoms with van der Waals surface area (Å²) >= 11 is -0.918. The number of ether oxygens (including phenoxy) is 2. The van der Waals surface area contributed by atoms with E-state index in [1.165, 1.54) is 0 Å². The molecular formula is C25H36IO6S2-. The Morgan fingerprint density at radius 3 is 1.62 bits per heavy atom. The predicted octanol–water partition coefficient (Wildman–Crippen LogP) is 1.70. The number of hydrogen-bond acceptors (Lipinski definition) is 6. The Hall–Kier alpha value is -1.01. The molecule has 0 fully saturated rings. The van der Waals surface area contributed by atoms with Gasteiger partial charge < -0.3 is 0 Å². The standard InChI is InChI=1S/C25H36IO6S2/c27-33(28,24-14-5-3-6-15-24)23-12-2-1-9-19-31-20-10-11-21-32-22-13-18-26-34(29,30)25-16-7-4-8-17-25/h3-8,14-17H,1-2,9-13,18-23H2/q-1. The van der Waals surface area contributed by atoms with Crippen molar-refractivity contribution < 1.29 is 46.1 Å². The molecule has 0 unspecified atom stereocenters. The first-order chi connectivity index (χ1) is 16.4. The molecule has 0 atom stereocenters. The average molecular weight is 624 g/mol. The molecule has 2 rings (SSSR count). The monoisotopic (exact) mass is 623 g/mol. The van der Waals surface area contributed by atoms with Gasteiger partial charge in [0.2, 0.25) is 0 Å². The van der Waals surface area contributed by atoms with Gasteiger partial charge in [0.05, 0.1) is 10.6 Å². The quantitative estimate of drug-likeness (QED) is 0.103. The third-order valence-corrected chi connectivity index (χ3v) is 14.2. The number of rotatable bonds is 19. The van der Waals surface area contributed by atoms with Gasteiger partial charge in [0.1, 0.15) is 0 Å². The Kier molecular flexibility index (Phi) is 14.3. The minimum atomic E-state index is -3.16. The fraction of sp³-hybridized carbons (Fsp3) is 0.520. The van der Waals surface area contributed by atoms with E-state index in [2.05, 4.69) is 0 Å². The molecule has 6 nitrogen and oxygen atoms in total. The van der Waals surface area contributed by atoms with Crippen LogP contribution in [0.1, 0.15) is 44.9 Å². The third-order valence-electron chi connectivity index (χ3n) is 5.05. The molecule has 0 bridgehead atoms. The predicted molar refractivity (Wildman–Crippen MR) is 131 cm³/mol. The van der Waals surface area contributed by atoms with Gasteiger partial charge in [-0.1, -0.05) is 24.6 Å². The summed E-state index contributed by atoms with van der Waals surface area (Å²) in [6.07, 6.45) is 6.11. The van der Waals surface area contributed by atoms with Crippen LogP contribution in [0.15, 0.2) is 70.5 Å². The zero-order chi connectivity index (χ0) is 24.5. The first kappa shape index (κ1) is 29.2. The molecule has 0 radical (unpaired) electrons. The number of unbranched alkanes of at least 4 members (excludes halogenated alkanes) is 4. The van der Waals surface area contributed by atoms with Gasteiger partial charge in [-0.05, 0) is 18.6 Å². The number of benzene rings is 2. The van der Waals surface area contributed by atoms with Gasteiger partial charge in [-0.25, -0.2) is 8.42 Å². The van der Waals surface area contributed by atoms with E-state index in [1.807, 2.05) is 12.1 Å². The van der Waals surface area contributed by atoms with Gasteiger partial charge in [-0.3, -0.25) is 0 Å². The molecule has 0 aliphatic carbocycles. The average Bonchev–Trinajstić information content (AvgIpc) is 2.85. The van der Waals surface area contributed by atoms with Crippen molar-refractivity contribution in [2.45, 2.75) is 54.7 Å². The Labute approximate surface area is 214 Å². The van der Waals surface area contributed by atoms with E-state index in [9.17, 15) is 16.8 Å². The maximum absolute atomic E-state index is 12.2. The molecule has 34 heavy (non-hydrogen) atoms. The van der Waals surface area contributed by atoms with Crippen molar-refractivity contribution in [2.24, 2.45) is 0 Å². The van der Waals surface area contributed by atoms with Crippen LogP contribution in [0.4, 0.5) is 0 Å². The van der Waals surface area contributed by atoms with Gasteiger partial charge in [0, 0.05) is 0 Å². The van der Waals surface area contributed by atoms with E-state index in [0.717, 1.165) is 38.5 Å². The van der Waals surface area contributed by atoms with E-state index in [4.69, 9.17) is 9.47 Å². The van der Waals surface area contributed by atoms with Crippen LogP contribution in [0.2, 0.25) is 0 Å². The number of hydrogen-bond donors (Lipinski definition) is 0. The molecule has 2 aromatic rings. The van der Waals surface area contributed by atoms with Gasteiger partial charge in [0.15, 0.2) is 9.84 Å². The molecule has 192 valence electrons. The molecule has 0 aliphatic rings. The fourth-order valence-electron chi connectivity index (χ4n) is 3.17. The first-order valence-electron chi connectivity index (χ1n) is 11.8. The van der Waals surface area contributed by atoms with Crippen LogP contribution in [0.5, 0.6) is 0 Å². The molecule has 0 saturated carbocycles. The summed E-state index contributed by atoms with van der Waals surface area (Å²) in [5.74, 6) is 0.197. The summed E-state index contributed by atoms with van der Waals surface area (Å²) in [6, 6.07) is 17.3. The van der Waals surface area contributed by atoms with Crippen molar-refractivity contribution in [1.29, 1.82) is 0 Å². The van der Waals surface area contributed by atoms with Gasteiger partial charge in [0.25, 0.3) is 0 Å². The van der Waals surface area contributed by atoms with E-state index in [1.54, 1.807) is 48.5 Å². The van der Waals surface area contributed by atoms with Crippen LogP contribution in [0, 0.1) is 0 Å². The summed E-state index contributed by atoms with van der Waals surface area (Å²) in [5, 5.41) is 0.